The summed E-state index contributed by atoms with van der Waals surface area (Å²) in [6.45, 7) is 3.34. The van der Waals surface area contributed by atoms with Gasteiger partial charge in [0.1, 0.15) is 0 Å². The molecule has 0 aliphatic heterocycles. The second-order valence-electron chi connectivity index (χ2n) is 5.32. The van der Waals surface area contributed by atoms with Gasteiger partial charge in [-0.2, -0.15) is 0 Å². The van der Waals surface area contributed by atoms with Gasteiger partial charge in [-0.1, -0.05) is 45.4 Å². The molecule has 1 atom stereocenters. The molecule has 1 unspecified atom stereocenters. The van der Waals surface area contributed by atoms with Crippen LogP contribution < -0.4 is 11.1 Å². The fraction of sp³-hybridized carbons (Fsp3) is 0.929. The molecule has 0 aromatic heterocycles. The largest absolute Gasteiger partial charge is 0.356 e. The van der Waals surface area contributed by atoms with Crippen molar-refractivity contribution in [3.05, 3.63) is 0 Å². The average Bonchev–Trinajstić information content (AvgIpc) is 2.61. The maximum Gasteiger partial charge on any atom is 0.224 e. The van der Waals surface area contributed by atoms with E-state index in [1.54, 1.807) is 0 Å². The van der Waals surface area contributed by atoms with E-state index in [1.165, 1.54) is 38.5 Å². The lowest BCUT2D eigenvalue weighted by Gasteiger charge is -2.20. The first-order chi connectivity index (χ1) is 8.27. The van der Waals surface area contributed by atoms with E-state index in [1.807, 2.05) is 0 Å². The summed E-state index contributed by atoms with van der Waals surface area (Å²) in [4.78, 5) is 11.9. The molecule has 100 valence electrons. The van der Waals surface area contributed by atoms with Crippen LogP contribution in [0.5, 0.6) is 0 Å². The highest BCUT2D eigenvalue weighted by molar-refractivity contribution is 5.78. The summed E-state index contributed by atoms with van der Waals surface area (Å²) in [6, 6.07) is 0. The van der Waals surface area contributed by atoms with Crippen molar-refractivity contribution in [2.24, 2.45) is 17.6 Å². The first-order valence-electron chi connectivity index (χ1n) is 7.25. The molecule has 0 bridgehead atoms. The minimum absolute atomic E-state index is 0.0321. The van der Waals surface area contributed by atoms with Gasteiger partial charge in [-0.05, 0) is 18.8 Å². The number of hydrogen-bond acceptors (Lipinski definition) is 2. The van der Waals surface area contributed by atoms with Crippen LogP contribution in [0.2, 0.25) is 0 Å². The smallest absolute Gasteiger partial charge is 0.224 e. The Morgan fingerprint density at radius 3 is 2.47 bits per heavy atom. The molecule has 3 N–H and O–H groups in total. The van der Waals surface area contributed by atoms with Gasteiger partial charge in [0.05, 0.1) is 5.92 Å². The van der Waals surface area contributed by atoms with Gasteiger partial charge in [-0.15, -0.1) is 0 Å². The van der Waals surface area contributed by atoms with Crippen LogP contribution >= 0.6 is 0 Å². The van der Waals surface area contributed by atoms with E-state index < -0.39 is 0 Å². The molecular weight excluding hydrogens is 212 g/mol. The zero-order valence-corrected chi connectivity index (χ0v) is 11.2. The Morgan fingerprint density at radius 1 is 1.29 bits per heavy atom. The molecule has 3 nitrogen and oxygen atoms in total. The SMILES string of the molecule is CCCNC(=O)C(CN)CC1CCCCCC1. The Bertz CT molecular complexity index is 210. The Hall–Kier alpha value is -0.570. The first kappa shape index (κ1) is 14.5. The van der Waals surface area contributed by atoms with Crippen molar-refractivity contribution in [3.8, 4) is 0 Å². The van der Waals surface area contributed by atoms with Crippen molar-refractivity contribution in [2.75, 3.05) is 13.1 Å². The van der Waals surface area contributed by atoms with Gasteiger partial charge >= 0.3 is 0 Å². The van der Waals surface area contributed by atoms with E-state index in [0.29, 0.717) is 6.54 Å². The number of rotatable bonds is 6. The standard InChI is InChI=1S/C14H28N2O/c1-2-9-16-14(17)13(11-15)10-12-7-5-3-4-6-8-12/h12-13H,2-11,15H2,1H3,(H,16,17). The third-order valence-electron chi connectivity index (χ3n) is 3.80. The van der Waals surface area contributed by atoms with Crippen molar-refractivity contribution in [1.29, 1.82) is 0 Å². The van der Waals surface area contributed by atoms with Crippen molar-refractivity contribution < 1.29 is 4.79 Å². The zero-order valence-electron chi connectivity index (χ0n) is 11.2. The third-order valence-corrected chi connectivity index (χ3v) is 3.80. The van der Waals surface area contributed by atoms with Crippen LogP contribution in [0, 0.1) is 11.8 Å². The van der Waals surface area contributed by atoms with Gasteiger partial charge in [0.25, 0.3) is 0 Å². The normalized spacial score (nSPS) is 19.6. The van der Waals surface area contributed by atoms with E-state index in [4.69, 9.17) is 5.73 Å². The fourth-order valence-corrected chi connectivity index (χ4v) is 2.70. The van der Waals surface area contributed by atoms with Crippen LogP contribution in [0.25, 0.3) is 0 Å². The molecule has 0 heterocycles. The minimum Gasteiger partial charge on any atom is -0.356 e. The molecular formula is C14H28N2O. The molecule has 0 aromatic rings. The maximum absolute atomic E-state index is 11.9. The first-order valence-corrected chi connectivity index (χ1v) is 7.25. The van der Waals surface area contributed by atoms with E-state index in [0.717, 1.165) is 25.3 Å². The topological polar surface area (TPSA) is 55.1 Å². The van der Waals surface area contributed by atoms with Crippen LogP contribution in [0.15, 0.2) is 0 Å². The number of hydrogen-bond donors (Lipinski definition) is 2. The van der Waals surface area contributed by atoms with Gasteiger partial charge in [0.15, 0.2) is 0 Å². The molecule has 0 spiro atoms. The molecule has 0 saturated heterocycles. The zero-order chi connectivity index (χ0) is 12.5. The minimum atomic E-state index is 0.0321. The Balaban J connectivity index is 2.35. The molecule has 0 radical (unpaired) electrons. The number of amides is 1. The second kappa shape index (κ2) is 8.51. The summed E-state index contributed by atoms with van der Waals surface area (Å²) in [5.74, 6) is 0.918. The van der Waals surface area contributed by atoms with Gasteiger partial charge in [0.2, 0.25) is 5.91 Å². The highest BCUT2D eigenvalue weighted by Gasteiger charge is 2.22. The van der Waals surface area contributed by atoms with E-state index in [9.17, 15) is 4.79 Å². The van der Waals surface area contributed by atoms with Crippen LogP contribution in [-0.4, -0.2) is 19.0 Å². The summed E-state index contributed by atoms with van der Waals surface area (Å²) in [6.07, 6.45) is 9.96. The number of nitrogens with two attached hydrogens (primary N) is 1. The Labute approximate surface area is 106 Å². The highest BCUT2D eigenvalue weighted by Crippen LogP contribution is 2.28. The predicted octanol–water partition coefficient (Wildman–Crippen LogP) is 2.45. The molecule has 1 fully saturated rings. The second-order valence-corrected chi connectivity index (χ2v) is 5.32. The summed E-state index contributed by atoms with van der Waals surface area (Å²) in [5, 5.41) is 2.97. The maximum atomic E-state index is 11.9. The average molecular weight is 240 g/mol. The number of nitrogens with one attached hydrogen (secondary N) is 1. The van der Waals surface area contributed by atoms with Gasteiger partial charge in [-0.3, -0.25) is 4.79 Å². The van der Waals surface area contributed by atoms with Crippen LogP contribution in [0.1, 0.15) is 58.3 Å². The van der Waals surface area contributed by atoms with E-state index in [2.05, 4.69) is 12.2 Å². The number of carbonyl (C=O) groups excluding carboxylic acids is 1. The van der Waals surface area contributed by atoms with Crippen molar-refractivity contribution in [2.45, 2.75) is 58.3 Å². The van der Waals surface area contributed by atoms with Gasteiger partial charge in [-0.25, -0.2) is 0 Å². The van der Waals surface area contributed by atoms with Gasteiger partial charge in [0, 0.05) is 13.1 Å². The monoisotopic (exact) mass is 240 g/mol. The molecule has 1 rings (SSSR count). The lowest BCUT2D eigenvalue weighted by molar-refractivity contribution is -0.125. The van der Waals surface area contributed by atoms with E-state index in [-0.39, 0.29) is 11.8 Å². The highest BCUT2D eigenvalue weighted by atomic mass is 16.1. The molecule has 1 aliphatic rings. The molecule has 1 amide bonds. The fourth-order valence-electron chi connectivity index (χ4n) is 2.70. The lowest BCUT2D eigenvalue weighted by Crippen LogP contribution is -2.36. The third kappa shape index (κ3) is 5.53. The van der Waals surface area contributed by atoms with Gasteiger partial charge < -0.3 is 11.1 Å². The predicted molar refractivity (Wildman–Crippen MR) is 71.7 cm³/mol. The van der Waals surface area contributed by atoms with Crippen LogP contribution in [-0.2, 0) is 4.79 Å². The summed E-state index contributed by atoms with van der Waals surface area (Å²) >= 11 is 0. The molecule has 17 heavy (non-hydrogen) atoms. The van der Waals surface area contributed by atoms with Crippen molar-refractivity contribution in [1.82, 2.24) is 5.32 Å². The molecule has 3 heteroatoms. The van der Waals surface area contributed by atoms with E-state index >= 15 is 0 Å². The Morgan fingerprint density at radius 2 is 1.94 bits per heavy atom. The summed E-state index contributed by atoms with van der Waals surface area (Å²) in [5.41, 5.74) is 5.74. The van der Waals surface area contributed by atoms with Crippen molar-refractivity contribution >= 4 is 5.91 Å². The summed E-state index contributed by atoms with van der Waals surface area (Å²) in [7, 11) is 0. The lowest BCUT2D eigenvalue weighted by atomic mass is 9.88. The quantitative estimate of drug-likeness (QED) is 0.701. The number of carbonyl (C=O) groups is 1. The van der Waals surface area contributed by atoms with Crippen molar-refractivity contribution in [3.63, 3.8) is 0 Å². The molecule has 1 aliphatic carbocycles. The van der Waals surface area contributed by atoms with Crippen LogP contribution in [0.3, 0.4) is 0 Å². The molecule has 0 aromatic carbocycles. The summed E-state index contributed by atoms with van der Waals surface area (Å²) < 4.78 is 0. The molecule has 1 saturated carbocycles. The Kier molecular flexibility index (Phi) is 7.25. The van der Waals surface area contributed by atoms with Crippen LogP contribution in [0.4, 0.5) is 0 Å².